The molecule has 0 unspecified atom stereocenters. The van der Waals surface area contributed by atoms with Crippen molar-refractivity contribution in [2.45, 2.75) is 32.6 Å². The van der Waals surface area contributed by atoms with Crippen LogP contribution in [0.5, 0.6) is 0 Å². The molecule has 0 aliphatic carbocycles. The third kappa shape index (κ3) is 2.29. The average molecular weight is 139 g/mol. The smallest absolute Gasteiger partial charge is 0.130 e. The highest BCUT2D eigenvalue weighted by atomic mass is 16.1. The largest absolute Gasteiger partial charge is 0.300 e. The number of ketones is 1. The van der Waals surface area contributed by atoms with Gasteiger partial charge in [0.2, 0.25) is 0 Å². The summed E-state index contributed by atoms with van der Waals surface area (Å²) in [6, 6.07) is 0. The molecule has 1 heterocycles. The number of aliphatic imine (C=N–C) groups is 1. The maximum Gasteiger partial charge on any atom is 0.130 e. The van der Waals surface area contributed by atoms with Gasteiger partial charge in [0, 0.05) is 18.7 Å². The van der Waals surface area contributed by atoms with E-state index in [2.05, 4.69) is 4.99 Å². The molecule has 0 saturated heterocycles. The van der Waals surface area contributed by atoms with E-state index in [1.807, 2.05) is 0 Å². The molecule has 56 valence electrons. The first-order valence-electron chi connectivity index (χ1n) is 3.80. The van der Waals surface area contributed by atoms with Crippen LogP contribution in [0.4, 0.5) is 0 Å². The lowest BCUT2D eigenvalue weighted by molar-refractivity contribution is -0.116. The van der Waals surface area contributed by atoms with Crippen molar-refractivity contribution in [3.8, 4) is 0 Å². The molecule has 0 aromatic carbocycles. The predicted molar refractivity (Wildman–Crippen MR) is 41.5 cm³/mol. The molecule has 2 nitrogen and oxygen atoms in total. The topological polar surface area (TPSA) is 29.4 Å². The summed E-state index contributed by atoms with van der Waals surface area (Å²) >= 11 is 0. The number of carbonyl (C=O) groups excluding carboxylic acids is 1. The van der Waals surface area contributed by atoms with Crippen molar-refractivity contribution in [2.24, 2.45) is 4.99 Å². The van der Waals surface area contributed by atoms with Gasteiger partial charge in [0.1, 0.15) is 5.78 Å². The van der Waals surface area contributed by atoms with E-state index < -0.39 is 0 Å². The van der Waals surface area contributed by atoms with Gasteiger partial charge >= 0.3 is 0 Å². The Labute approximate surface area is 61.3 Å². The summed E-state index contributed by atoms with van der Waals surface area (Å²) in [5.74, 6) is 0.273. The highest BCUT2D eigenvalue weighted by Crippen LogP contribution is 2.08. The van der Waals surface area contributed by atoms with Crippen molar-refractivity contribution >= 4 is 11.5 Å². The molecule has 0 N–H and O–H groups in total. The molecular weight excluding hydrogens is 126 g/mol. The molecule has 0 spiro atoms. The molecule has 0 radical (unpaired) electrons. The van der Waals surface area contributed by atoms with Crippen LogP contribution < -0.4 is 0 Å². The van der Waals surface area contributed by atoms with Gasteiger partial charge < -0.3 is 4.79 Å². The molecule has 0 amide bonds. The Kier molecular flexibility index (Phi) is 2.60. The zero-order valence-corrected chi connectivity index (χ0v) is 6.39. The van der Waals surface area contributed by atoms with E-state index in [1.54, 1.807) is 6.92 Å². The molecule has 0 fully saturated rings. The Morgan fingerprint density at radius 1 is 1.70 bits per heavy atom. The average Bonchev–Trinajstić information content (AvgIpc) is 2.34. The second-order valence-electron chi connectivity index (χ2n) is 2.75. The minimum atomic E-state index is 0.273. The summed E-state index contributed by atoms with van der Waals surface area (Å²) in [6.07, 6.45) is 3.88. The normalized spacial score (nSPS) is 17.1. The Balaban J connectivity index is 2.19. The zero-order valence-electron chi connectivity index (χ0n) is 6.39. The lowest BCUT2D eigenvalue weighted by Crippen LogP contribution is -1.97. The second kappa shape index (κ2) is 3.49. The van der Waals surface area contributed by atoms with E-state index in [0.717, 1.165) is 19.4 Å². The Hall–Kier alpha value is -0.660. The predicted octanol–water partition coefficient (Wildman–Crippen LogP) is 1.59. The van der Waals surface area contributed by atoms with E-state index >= 15 is 0 Å². The summed E-state index contributed by atoms with van der Waals surface area (Å²) < 4.78 is 0. The minimum absolute atomic E-state index is 0.273. The molecule has 1 aliphatic rings. The van der Waals surface area contributed by atoms with E-state index in [0.29, 0.717) is 6.42 Å². The van der Waals surface area contributed by atoms with Crippen LogP contribution in [0.25, 0.3) is 0 Å². The van der Waals surface area contributed by atoms with E-state index in [-0.39, 0.29) is 5.78 Å². The van der Waals surface area contributed by atoms with Gasteiger partial charge in [-0.15, -0.1) is 0 Å². The third-order valence-electron chi connectivity index (χ3n) is 1.72. The molecular formula is C8H13NO. The molecule has 0 atom stereocenters. The first kappa shape index (κ1) is 7.45. The number of Topliss-reactive ketones (excluding diaryl/α,β-unsaturated/α-hetero) is 1. The van der Waals surface area contributed by atoms with Crippen LogP contribution in [0.15, 0.2) is 4.99 Å². The standard InChI is InChI=1S/C8H13NO/c1-7(10)4-5-8-3-2-6-9-8/h2-6H2,1H3. The highest BCUT2D eigenvalue weighted by Gasteiger charge is 2.06. The van der Waals surface area contributed by atoms with Gasteiger partial charge in [-0.25, -0.2) is 0 Å². The first-order chi connectivity index (χ1) is 4.79. The lowest BCUT2D eigenvalue weighted by atomic mass is 10.1. The zero-order chi connectivity index (χ0) is 7.40. The van der Waals surface area contributed by atoms with E-state index in [9.17, 15) is 4.79 Å². The number of hydrogen-bond acceptors (Lipinski definition) is 2. The summed E-state index contributed by atoms with van der Waals surface area (Å²) in [5, 5.41) is 0. The summed E-state index contributed by atoms with van der Waals surface area (Å²) in [7, 11) is 0. The van der Waals surface area contributed by atoms with Crippen LogP contribution in [0, 0.1) is 0 Å². The molecule has 2 heteroatoms. The van der Waals surface area contributed by atoms with Gasteiger partial charge in [-0.2, -0.15) is 0 Å². The van der Waals surface area contributed by atoms with Crippen molar-refractivity contribution in [3.05, 3.63) is 0 Å². The van der Waals surface area contributed by atoms with Gasteiger partial charge in [0.15, 0.2) is 0 Å². The minimum Gasteiger partial charge on any atom is -0.300 e. The van der Waals surface area contributed by atoms with Gasteiger partial charge in [-0.1, -0.05) is 0 Å². The number of rotatable bonds is 3. The van der Waals surface area contributed by atoms with Crippen LogP contribution in [0.3, 0.4) is 0 Å². The fourth-order valence-corrected chi connectivity index (χ4v) is 1.12. The molecule has 10 heavy (non-hydrogen) atoms. The van der Waals surface area contributed by atoms with Crippen molar-refractivity contribution in [3.63, 3.8) is 0 Å². The van der Waals surface area contributed by atoms with E-state index in [4.69, 9.17) is 0 Å². The molecule has 0 aromatic heterocycles. The van der Waals surface area contributed by atoms with Crippen molar-refractivity contribution < 1.29 is 4.79 Å². The van der Waals surface area contributed by atoms with Crippen LogP contribution >= 0.6 is 0 Å². The second-order valence-corrected chi connectivity index (χ2v) is 2.75. The van der Waals surface area contributed by atoms with Crippen LogP contribution in [-0.4, -0.2) is 18.0 Å². The van der Waals surface area contributed by atoms with Crippen molar-refractivity contribution in [1.82, 2.24) is 0 Å². The molecule has 1 aliphatic heterocycles. The first-order valence-corrected chi connectivity index (χ1v) is 3.80. The van der Waals surface area contributed by atoms with Gasteiger partial charge in [0.25, 0.3) is 0 Å². The fraction of sp³-hybridized carbons (Fsp3) is 0.750. The molecule has 0 bridgehead atoms. The SMILES string of the molecule is CC(=O)CCC1=NCCC1. The monoisotopic (exact) mass is 139 g/mol. The number of nitrogens with zero attached hydrogens (tertiary/aromatic N) is 1. The van der Waals surface area contributed by atoms with Crippen LogP contribution in [0.1, 0.15) is 32.6 Å². The van der Waals surface area contributed by atoms with Crippen LogP contribution in [0.2, 0.25) is 0 Å². The number of carbonyl (C=O) groups is 1. The van der Waals surface area contributed by atoms with Crippen LogP contribution in [-0.2, 0) is 4.79 Å². The van der Waals surface area contributed by atoms with Gasteiger partial charge in [0.05, 0.1) is 0 Å². The van der Waals surface area contributed by atoms with Gasteiger partial charge in [-0.3, -0.25) is 4.99 Å². The maximum absolute atomic E-state index is 10.5. The van der Waals surface area contributed by atoms with Gasteiger partial charge in [-0.05, 0) is 26.2 Å². The fourth-order valence-electron chi connectivity index (χ4n) is 1.12. The molecule has 0 saturated carbocycles. The Morgan fingerprint density at radius 2 is 2.50 bits per heavy atom. The highest BCUT2D eigenvalue weighted by molar-refractivity contribution is 5.89. The molecule has 1 rings (SSSR count). The quantitative estimate of drug-likeness (QED) is 0.583. The Bertz CT molecular complexity index is 161. The van der Waals surface area contributed by atoms with Crippen molar-refractivity contribution in [1.29, 1.82) is 0 Å². The third-order valence-corrected chi connectivity index (χ3v) is 1.72. The van der Waals surface area contributed by atoms with Crippen molar-refractivity contribution in [2.75, 3.05) is 6.54 Å². The Morgan fingerprint density at radius 3 is 3.00 bits per heavy atom. The summed E-state index contributed by atoms with van der Waals surface area (Å²) in [4.78, 5) is 14.8. The van der Waals surface area contributed by atoms with E-state index in [1.165, 1.54) is 12.1 Å². The maximum atomic E-state index is 10.5. The summed E-state index contributed by atoms with van der Waals surface area (Å²) in [5.41, 5.74) is 1.25. The summed E-state index contributed by atoms with van der Waals surface area (Å²) in [6.45, 7) is 2.61. The lowest BCUT2D eigenvalue weighted by Gasteiger charge is -1.94. The molecule has 0 aromatic rings. The number of hydrogen-bond donors (Lipinski definition) is 0.